The van der Waals surface area contributed by atoms with Crippen LogP contribution in [-0.2, 0) is 0 Å². The van der Waals surface area contributed by atoms with Gasteiger partial charge in [0.15, 0.2) is 0 Å². The van der Waals surface area contributed by atoms with Crippen molar-refractivity contribution >= 4 is 16.5 Å². The first-order valence-corrected chi connectivity index (χ1v) is 6.93. The minimum atomic E-state index is 0.890. The van der Waals surface area contributed by atoms with E-state index in [0.29, 0.717) is 0 Å². The summed E-state index contributed by atoms with van der Waals surface area (Å²) >= 11 is 0. The lowest BCUT2D eigenvalue weighted by Gasteiger charge is -2.15. The first-order chi connectivity index (χ1) is 9.28. The van der Waals surface area contributed by atoms with Crippen molar-refractivity contribution < 1.29 is 4.74 Å². The van der Waals surface area contributed by atoms with Gasteiger partial charge in [-0.15, -0.1) is 0 Å². The number of aromatic nitrogens is 1. The first kappa shape index (κ1) is 12.2. The largest absolute Gasteiger partial charge is 0.497 e. The van der Waals surface area contributed by atoms with E-state index in [9.17, 15) is 0 Å². The summed E-state index contributed by atoms with van der Waals surface area (Å²) in [5.74, 6) is 0.890. The molecule has 0 amide bonds. The van der Waals surface area contributed by atoms with Gasteiger partial charge in [0.25, 0.3) is 0 Å². The Hall–Kier alpha value is -1.83. The Balaban J connectivity index is 2.13. The third kappa shape index (κ3) is 2.35. The van der Waals surface area contributed by atoms with E-state index in [2.05, 4.69) is 25.1 Å². The van der Waals surface area contributed by atoms with Crippen LogP contribution in [0.1, 0.15) is 36.9 Å². The van der Waals surface area contributed by atoms with Crippen LogP contribution in [0, 0.1) is 6.92 Å². The number of rotatable bonds is 2. The van der Waals surface area contributed by atoms with Crippen molar-refractivity contribution in [2.45, 2.75) is 32.6 Å². The summed E-state index contributed by atoms with van der Waals surface area (Å²) in [5, 5.41) is 1.16. The number of pyridine rings is 1. The second-order valence-electron chi connectivity index (χ2n) is 5.16. The highest BCUT2D eigenvalue weighted by Crippen LogP contribution is 2.31. The number of benzene rings is 1. The summed E-state index contributed by atoms with van der Waals surface area (Å²) < 4.78 is 5.30. The normalized spacial score (nSPS) is 15.4. The van der Waals surface area contributed by atoms with Gasteiger partial charge in [-0.2, -0.15) is 0 Å². The second-order valence-corrected chi connectivity index (χ2v) is 5.16. The van der Waals surface area contributed by atoms with E-state index in [1.54, 1.807) is 7.11 Å². The number of fused-ring (bicyclic) bond motifs is 1. The van der Waals surface area contributed by atoms with E-state index in [1.165, 1.54) is 36.8 Å². The first-order valence-electron chi connectivity index (χ1n) is 6.93. The number of allylic oxidation sites excluding steroid dienone is 2. The van der Waals surface area contributed by atoms with Crippen molar-refractivity contribution in [1.82, 2.24) is 4.98 Å². The molecule has 0 unspecified atom stereocenters. The Labute approximate surface area is 114 Å². The molecular formula is C17H19NO. The van der Waals surface area contributed by atoms with Crippen LogP contribution in [0.5, 0.6) is 5.75 Å². The zero-order valence-electron chi connectivity index (χ0n) is 11.6. The molecule has 0 spiro atoms. The summed E-state index contributed by atoms with van der Waals surface area (Å²) in [6.45, 7) is 2.11. The Morgan fingerprint density at radius 3 is 2.79 bits per heavy atom. The monoisotopic (exact) mass is 253 g/mol. The minimum Gasteiger partial charge on any atom is -0.497 e. The molecule has 0 saturated carbocycles. The van der Waals surface area contributed by atoms with Crippen LogP contribution < -0.4 is 4.74 Å². The van der Waals surface area contributed by atoms with Gasteiger partial charge in [-0.3, -0.25) is 4.98 Å². The van der Waals surface area contributed by atoms with Gasteiger partial charge in [-0.05, 0) is 68.0 Å². The van der Waals surface area contributed by atoms with Crippen LogP contribution >= 0.6 is 0 Å². The van der Waals surface area contributed by atoms with Gasteiger partial charge in [-0.1, -0.05) is 6.08 Å². The average Bonchev–Trinajstić information content (AvgIpc) is 2.47. The molecule has 0 saturated heterocycles. The smallest absolute Gasteiger partial charge is 0.119 e. The SMILES string of the molecule is COc1ccc2nc(C)c(C3=CCCCC3)cc2c1. The number of nitrogens with zero attached hydrogens (tertiary/aromatic N) is 1. The van der Waals surface area contributed by atoms with Crippen LogP contribution in [0.4, 0.5) is 0 Å². The molecule has 0 radical (unpaired) electrons. The summed E-state index contributed by atoms with van der Waals surface area (Å²) in [6, 6.07) is 8.32. The molecule has 1 aromatic carbocycles. The Morgan fingerprint density at radius 1 is 1.16 bits per heavy atom. The molecule has 1 aliphatic rings. The van der Waals surface area contributed by atoms with Crippen molar-refractivity contribution in [3.8, 4) is 5.75 Å². The molecule has 1 aromatic heterocycles. The molecule has 2 aromatic rings. The zero-order valence-corrected chi connectivity index (χ0v) is 11.6. The molecule has 3 rings (SSSR count). The van der Waals surface area contributed by atoms with Gasteiger partial charge in [0.1, 0.15) is 5.75 Å². The van der Waals surface area contributed by atoms with Crippen LogP contribution in [0.3, 0.4) is 0 Å². The van der Waals surface area contributed by atoms with Crippen LogP contribution in [0.15, 0.2) is 30.3 Å². The minimum absolute atomic E-state index is 0.890. The molecule has 0 aliphatic heterocycles. The fraction of sp³-hybridized carbons (Fsp3) is 0.353. The third-order valence-electron chi connectivity index (χ3n) is 3.85. The number of hydrogen-bond acceptors (Lipinski definition) is 2. The Bertz CT molecular complexity index is 643. The molecule has 98 valence electrons. The molecule has 0 atom stereocenters. The number of ether oxygens (including phenoxy) is 1. The van der Waals surface area contributed by atoms with Crippen molar-refractivity contribution in [2.24, 2.45) is 0 Å². The van der Waals surface area contributed by atoms with Crippen molar-refractivity contribution in [1.29, 1.82) is 0 Å². The van der Waals surface area contributed by atoms with Crippen LogP contribution in [-0.4, -0.2) is 12.1 Å². The summed E-state index contributed by atoms with van der Waals surface area (Å²) in [6.07, 6.45) is 7.36. The quantitative estimate of drug-likeness (QED) is 0.785. The average molecular weight is 253 g/mol. The number of methoxy groups -OCH3 is 1. The molecule has 19 heavy (non-hydrogen) atoms. The highest BCUT2D eigenvalue weighted by atomic mass is 16.5. The standard InChI is InChI=1S/C17H19NO/c1-12-16(13-6-4-3-5-7-13)11-14-10-15(19-2)8-9-17(14)18-12/h6,8-11H,3-5,7H2,1-2H3. The molecule has 2 heteroatoms. The maximum absolute atomic E-state index is 5.30. The Kier molecular flexibility index (Phi) is 3.24. The van der Waals surface area contributed by atoms with Crippen molar-refractivity contribution in [3.63, 3.8) is 0 Å². The van der Waals surface area contributed by atoms with E-state index >= 15 is 0 Å². The van der Waals surface area contributed by atoms with E-state index in [4.69, 9.17) is 9.72 Å². The molecule has 1 aliphatic carbocycles. The third-order valence-corrected chi connectivity index (χ3v) is 3.85. The zero-order chi connectivity index (χ0) is 13.2. The molecular weight excluding hydrogens is 234 g/mol. The van der Waals surface area contributed by atoms with Crippen molar-refractivity contribution in [3.05, 3.63) is 41.6 Å². The van der Waals surface area contributed by atoms with E-state index in [-0.39, 0.29) is 0 Å². The lowest BCUT2D eigenvalue weighted by Crippen LogP contribution is -1.97. The maximum atomic E-state index is 5.30. The van der Waals surface area contributed by atoms with E-state index in [0.717, 1.165) is 22.3 Å². The predicted molar refractivity (Wildman–Crippen MR) is 79.5 cm³/mol. The number of aryl methyl sites for hydroxylation is 1. The molecule has 1 heterocycles. The van der Waals surface area contributed by atoms with Gasteiger partial charge >= 0.3 is 0 Å². The van der Waals surface area contributed by atoms with Crippen molar-refractivity contribution in [2.75, 3.05) is 7.11 Å². The van der Waals surface area contributed by atoms with Gasteiger partial charge in [0.2, 0.25) is 0 Å². The summed E-state index contributed by atoms with van der Waals surface area (Å²) in [4.78, 5) is 4.73. The second kappa shape index (κ2) is 5.04. The van der Waals surface area contributed by atoms with E-state index in [1.807, 2.05) is 12.1 Å². The Morgan fingerprint density at radius 2 is 2.05 bits per heavy atom. The molecule has 0 bridgehead atoms. The van der Waals surface area contributed by atoms with Crippen LogP contribution in [0.25, 0.3) is 16.5 Å². The fourth-order valence-electron chi connectivity index (χ4n) is 2.79. The summed E-state index contributed by atoms with van der Waals surface area (Å²) in [5.41, 5.74) is 4.94. The highest BCUT2D eigenvalue weighted by molar-refractivity contribution is 5.85. The number of hydrogen-bond donors (Lipinski definition) is 0. The lowest BCUT2D eigenvalue weighted by atomic mass is 9.92. The molecule has 0 N–H and O–H groups in total. The molecule has 0 fully saturated rings. The van der Waals surface area contributed by atoms with Gasteiger partial charge < -0.3 is 4.74 Å². The van der Waals surface area contributed by atoms with Gasteiger partial charge in [0, 0.05) is 11.1 Å². The predicted octanol–water partition coefficient (Wildman–Crippen LogP) is 4.51. The van der Waals surface area contributed by atoms with Gasteiger partial charge in [-0.25, -0.2) is 0 Å². The van der Waals surface area contributed by atoms with Gasteiger partial charge in [0.05, 0.1) is 12.6 Å². The fourth-order valence-corrected chi connectivity index (χ4v) is 2.79. The lowest BCUT2D eigenvalue weighted by molar-refractivity contribution is 0.415. The highest BCUT2D eigenvalue weighted by Gasteiger charge is 2.11. The summed E-state index contributed by atoms with van der Waals surface area (Å²) in [7, 11) is 1.70. The maximum Gasteiger partial charge on any atom is 0.119 e. The molecule has 2 nitrogen and oxygen atoms in total. The topological polar surface area (TPSA) is 22.1 Å². The van der Waals surface area contributed by atoms with Crippen LogP contribution in [0.2, 0.25) is 0 Å². The van der Waals surface area contributed by atoms with E-state index < -0.39 is 0 Å².